The number of hydrogen-bond donors (Lipinski definition) is 1. The van der Waals surface area contributed by atoms with Crippen molar-refractivity contribution in [1.29, 1.82) is 0 Å². The van der Waals surface area contributed by atoms with Crippen LogP contribution in [0.4, 0.5) is 11.4 Å². The Labute approximate surface area is 155 Å². The molecule has 6 heteroatoms. The molecule has 1 heterocycles. The number of para-hydroxylation sites is 1. The number of fused-ring (bicyclic) bond motifs is 1. The molecule has 0 atom stereocenters. The summed E-state index contributed by atoms with van der Waals surface area (Å²) >= 11 is 0. The quantitative estimate of drug-likeness (QED) is 0.875. The van der Waals surface area contributed by atoms with Crippen LogP contribution in [0.2, 0.25) is 0 Å². The van der Waals surface area contributed by atoms with Gasteiger partial charge in [-0.1, -0.05) is 24.3 Å². The molecule has 1 aliphatic rings. The first-order chi connectivity index (χ1) is 12.4. The van der Waals surface area contributed by atoms with Gasteiger partial charge in [-0.3, -0.25) is 9.10 Å². The molecule has 1 amide bonds. The Morgan fingerprint density at radius 2 is 1.88 bits per heavy atom. The van der Waals surface area contributed by atoms with Crippen LogP contribution in [0.15, 0.2) is 42.5 Å². The number of carbonyl (C=O) groups is 1. The number of carbonyl (C=O) groups excluding carboxylic acids is 1. The molecule has 1 aliphatic heterocycles. The van der Waals surface area contributed by atoms with E-state index < -0.39 is 10.0 Å². The molecule has 3 rings (SSSR count). The van der Waals surface area contributed by atoms with Crippen molar-refractivity contribution in [2.24, 2.45) is 0 Å². The van der Waals surface area contributed by atoms with Crippen molar-refractivity contribution >= 4 is 27.3 Å². The lowest BCUT2D eigenvalue weighted by atomic mass is 10.0. The van der Waals surface area contributed by atoms with E-state index in [9.17, 15) is 13.2 Å². The smallest absolute Gasteiger partial charge is 0.235 e. The lowest BCUT2D eigenvalue weighted by Crippen LogP contribution is -2.37. The molecule has 1 N–H and O–H groups in total. The molecule has 0 aliphatic carbocycles. The first-order valence-electron chi connectivity index (χ1n) is 8.82. The van der Waals surface area contributed by atoms with E-state index >= 15 is 0 Å². The molecule has 2 aromatic carbocycles. The standard InChI is InChI=1S/C20H24N2O3S/c1-15-9-10-18(14-16(15)2)21-20(23)11-13-26(24,25)22-12-5-7-17-6-3-4-8-19(17)22/h3-4,6,8-10,14H,5,7,11-13H2,1-2H3,(H,21,23). The second-order valence-corrected chi connectivity index (χ2v) is 8.73. The van der Waals surface area contributed by atoms with Gasteiger partial charge in [0.2, 0.25) is 15.9 Å². The number of nitrogens with one attached hydrogen (secondary N) is 1. The third-order valence-corrected chi connectivity index (χ3v) is 6.55. The zero-order valence-electron chi connectivity index (χ0n) is 15.2. The lowest BCUT2D eigenvalue weighted by molar-refractivity contribution is -0.115. The second kappa shape index (κ2) is 7.50. The van der Waals surface area contributed by atoms with Gasteiger partial charge in [-0.05, 0) is 61.6 Å². The summed E-state index contributed by atoms with van der Waals surface area (Å²) in [4.78, 5) is 12.2. The number of anilines is 2. The molecule has 0 radical (unpaired) electrons. The maximum Gasteiger partial charge on any atom is 0.235 e. The van der Waals surface area contributed by atoms with Crippen molar-refractivity contribution < 1.29 is 13.2 Å². The van der Waals surface area contributed by atoms with Crippen molar-refractivity contribution in [3.8, 4) is 0 Å². The Morgan fingerprint density at radius 1 is 1.12 bits per heavy atom. The molecule has 2 aromatic rings. The molecule has 0 bridgehead atoms. The molecule has 0 saturated carbocycles. The maximum atomic E-state index is 12.7. The highest BCUT2D eigenvalue weighted by Crippen LogP contribution is 2.29. The average molecular weight is 372 g/mol. The van der Waals surface area contributed by atoms with Gasteiger partial charge in [-0.2, -0.15) is 0 Å². The summed E-state index contributed by atoms with van der Waals surface area (Å²) in [6.45, 7) is 4.45. The zero-order chi connectivity index (χ0) is 18.7. The van der Waals surface area contributed by atoms with Crippen molar-refractivity contribution in [3.63, 3.8) is 0 Å². The minimum Gasteiger partial charge on any atom is -0.326 e. The topological polar surface area (TPSA) is 66.5 Å². The van der Waals surface area contributed by atoms with Crippen molar-refractivity contribution in [2.75, 3.05) is 21.9 Å². The fourth-order valence-corrected chi connectivity index (χ4v) is 4.71. The first kappa shape index (κ1) is 18.5. The Bertz CT molecular complexity index is 922. The summed E-state index contributed by atoms with van der Waals surface area (Å²) in [5, 5.41) is 2.78. The van der Waals surface area contributed by atoms with Crippen LogP contribution in [0.1, 0.15) is 29.5 Å². The fourth-order valence-electron chi connectivity index (χ4n) is 3.16. The minimum absolute atomic E-state index is 0.0616. The van der Waals surface area contributed by atoms with Crippen LogP contribution >= 0.6 is 0 Å². The van der Waals surface area contributed by atoms with Crippen molar-refractivity contribution in [3.05, 3.63) is 59.2 Å². The monoisotopic (exact) mass is 372 g/mol. The molecule has 0 spiro atoms. The Balaban J connectivity index is 1.65. The van der Waals surface area contributed by atoms with Gasteiger partial charge in [0.1, 0.15) is 0 Å². The Kier molecular flexibility index (Phi) is 5.32. The zero-order valence-corrected chi connectivity index (χ0v) is 16.0. The number of sulfonamides is 1. The van der Waals surface area contributed by atoms with E-state index in [1.807, 2.05) is 56.3 Å². The Hall–Kier alpha value is -2.34. The predicted molar refractivity (Wildman–Crippen MR) is 105 cm³/mol. The van der Waals surface area contributed by atoms with E-state index in [0.29, 0.717) is 12.2 Å². The van der Waals surface area contributed by atoms with Gasteiger partial charge in [-0.25, -0.2) is 8.42 Å². The van der Waals surface area contributed by atoms with Gasteiger partial charge in [0.25, 0.3) is 0 Å². The first-order valence-corrected chi connectivity index (χ1v) is 10.4. The van der Waals surface area contributed by atoms with Crippen LogP contribution in [-0.4, -0.2) is 26.6 Å². The molecular formula is C20H24N2O3S. The number of hydrogen-bond acceptors (Lipinski definition) is 3. The molecule has 0 unspecified atom stereocenters. The average Bonchev–Trinajstić information content (AvgIpc) is 2.63. The molecule has 26 heavy (non-hydrogen) atoms. The highest BCUT2D eigenvalue weighted by molar-refractivity contribution is 7.92. The van der Waals surface area contributed by atoms with Crippen LogP contribution in [-0.2, 0) is 21.2 Å². The highest BCUT2D eigenvalue weighted by atomic mass is 32.2. The summed E-state index contributed by atoms with van der Waals surface area (Å²) < 4.78 is 27.0. The number of nitrogens with zero attached hydrogens (tertiary/aromatic N) is 1. The van der Waals surface area contributed by atoms with Gasteiger partial charge >= 0.3 is 0 Å². The van der Waals surface area contributed by atoms with Gasteiger partial charge in [0.15, 0.2) is 0 Å². The maximum absolute atomic E-state index is 12.7. The third kappa shape index (κ3) is 4.07. The van der Waals surface area contributed by atoms with E-state index in [4.69, 9.17) is 0 Å². The van der Waals surface area contributed by atoms with Crippen LogP contribution in [0, 0.1) is 13.8 Å². The molecule has 0 aromatic heterocycles. The van der Waals surface area contributed by atoms with Gasteiger partial charge in [0.05, 0.1) is 11.4 Å². The summed E-state index contributed by atoms with van der Waals surface area (Å²) in [6, 6.07) is 13.2. The van der Waals surface area contributed by atoms with E-state index in [1.165, 1.54) is 4.31 Å². The highest BCUT2D eigenvalue weighted by Gasteiger charge is 2.27. The van der Waals surface area contributed by atoms with E-state index in [-0.39, 0.29) is 18.1 Å². The lowest BCUT2D eigenvalue weighted by Gasteiger charge is -2.30. The largest absolute Gasteiger partial charge is 0.326 e. The normalized spacial score (nSPS) is 14.0. The van der Waals surface area contributed by atoms with Gasteiger partial charge in [-0.15, -0.1) is 0 Å². The molecular weight excluding hydrogens is 348 g/mol. The van der Waals surface area contributed by atoms with Crippen LogP contribution in [0.25, 0.3) is 0 Å². The SMILES string of the molecule is Cc1ccc(NC(=O)CCS(=O)(=O)N2CCCc3ccccc32)cc1C. The van der Waals surface area contributed by atoms with E-state index in [2.05, 4.69) is 5.32 Å². The van der Waals surface area contributed by atoms with Crippen molar-refractivity contribution in [1.82, 2.24) is 0 Å². The van der Waals surface area contributed by atoms with E-state index in [0.717, 1.165) is 35.2 Å². The number of amides is 1. The fraction of sp³-hybridized carbons (Fsp3) is 0.350. The summed E-state index contributed by atoms with van der Waals surface area (Å²) in [7, 11) is -3.53. The number of rotatable bonds is 5. The van der Waals surface area contributed by atoms with Crippen LogP contribution < -0.4 is 9.62 Å². The minimum atomic E-state index is -3.53. The Morgan fingerprint density at radius 3 is 2.65 bits per heavy atom. The molecule has 0 saturated heterocycles. The molecule has 5 nitrogen and oxygen atoms in total. The number of benzene rings is 2. The van der Waals surface area contributed by atoms with Crippen LogP contribution in [0.5, 0.6) is 0 Å². The van der Waals surface area contributed by atoms with E-state index in [1.54, 1.807) is 0 Å². The second-order valence-electron chi connectivity index (χ2n) is 6.72. The summed E-state index contributed by atoms with van der Waals surface area (Å²) in [5.74, 6) is -0.486. The number of aryl methyl sites for hydroxylation is 3. The van der Waals surface area contributed by atoms with Crippen LogP contribution in [0.3, 0.4) is 0 Å². The summed E-state index contributed by atoms with van der Waals surface area (Å²) in [6.07, 6.45) is 1.62. The summed E-state index contributed by atoms with van der Waals surface area (Å²) in [5.41, 5.74) is 4.71. The molecule has 138 valence electrons. The molecule has 0 fully saturated rings. The van der Waals surface area contributed by atoms with Gasteiger partial charge < -0.3 is 5.32 Å². The third-order valence-electron chi connectivity index (χ3n) is 4.78. The predicted octanol–water partition coefficient (Wildman–Crippen LogP) is 3.41. The van der Waals surface area contributed by atoms with Crippen molar-refractivity contribution in [2.45, 2.75) is 33.1 Å². The van der Waals surface area contributed by atoms with Gasteiger partial charge in [0, 0.05) is 18.7 Å².